The zero-order valence-corrected chi connectivity index (χ0v) is 11.8. The van der Waals surface area contributed by atoms with E-state index in [4.69, 9.17) is 5.21 Å². The summed E-state index contributed by atoms with van der Waals surface area (Å²) in [7, 11) is 0. The van der Waals surface area contributed by atoms with Gasteiger partial charge in [0, 0.05) is 11.5 Å². The van der Waals surface area contributed by atoms with Crippen molar-refractivity contribution >= 4 is 22.9 Å². The third-order valence-corrected chi connectivity index (χ3v) is 3.40. The molecule has 0 atom stereocenters. The Morgan fingerprint density at radius 2 is 1.95 bits per heavy atom. The summed E-state index contributed by atoms with van der Waals surface area (Å²) in [4.78, 5) is 10.9. The van der Waals surface area contributed by atoms with Crippen LogP contribution >= 0.6 is 0 Å². The van der Waals surface area contributed by atoms with Gasteiger partial charge in [-0.25, -0.2) is 5.48 Å². The summed E-state index contributed by atoms with van der Waals surface area (Å²) < 4.78 is 1.96. The van der Waals surface area contributed by atoms with E-state index < -0.39 is 5.91 Å². The number of hydroxylamine groups is 1. The van der Waals surface area contributed by atoms with E-state index in [1.807, 2.05) is 59.4 Å². The van der Waals surface area contributed by atoms with Crippen molar-refractivity contribution in [3.63, 3.8) is 0 Å². The highest BCUT2D eigenvalue weighted by molar-refractivity contribution is 5.90. The number of amides is 1. The molecular formula is C17H15N3O2. The number of benzene rings is 2. The Labute approximate surface area is 127 Å². The average molecular weight is 293 g/mol. The summed E-state index contributed by atoms with van der Waals surface area (Å²) in [5.41, 5.74) is 4.67. The van der Waals surface area contributed by atoms with Gasteiger partial charge in [-0.15, -0.1) is 0 Å². The molecule has 0 saturated carbocycles. The number of hydrogen-bond donors (Lipinski definition) is 2. The molecule has 0 fully saturated rings. The van der Waals surface area contributed by atoms with Crippen LogP contribution in [0, 0.1) is 0 Å². The zero-order valence-electron chi connectivity index (χ0n) is 11.8. The van der Waals surface area contributed by atoms with Crippen LogP contribution in [0.2, 0.25) is 0 Å². The first kappa shape index (κ1) is 14.0. The normalized spacial score (nSPS) is 11.1. The lowest BCUT2D eigenvalue weighted by molar-refractivity contribution is -0.124. The van der Waals surface area contributed by atoms with Crippen LogP contribution in [-0.2, 0) is 11.3 Å². The van der Waals surface area contributed by atoms with Gasteiger partial charge < -0.3 is 0 Å². The first-order chi connectivity index (χ1) is 10.8. The minimum absolute atomic E-state index is 0.549. The Morgan fingerprint density at radius 3 is 2.73 bits per heavy atom. The lowest BCUT2D eigenvalue weighted by atomic mass is 10.1. The van der Waals surface area contributed by atoms with Crippen molar-refractivity contribution in [3.05, 3.63) is 71.9 Å². The van der Waals surface area contributed by atoms with Gasteiger partial charge >= 0.3 is 0 Å². The number of nitrogens with zero attached hydrogens (tertiary/aromatic N) is 2. The molecule has 0 saturated heterocycles. The summed E-state index contributed by atoms with van der Waals surface area (Å²) in [5, 5.41) is 14.0. The molecule has 5 heteroatoms. The molecule has 1 heterocycles. The van der Waals surface area contributed by atoms with E-state index >= 15 is 0 Å². The van der Waals surface area contributed by atoms with Crippen molar-refractivity contribution in [2.75, 3.05) is 0 Å². The van der Waals surface area contributed by atoms with E-state index in [1.165, 1.54) is 6.08 Å². The molecule has 0 aliphatic rings. The molecular weight excluding hydrogens is 278 g/mol. The van der Waals surface area contributed by atoms with Crippen molar-refractivity contribution in [1.82, 2.24) is 15.3 Å². The topological polar surface area (TPSA) is 67.2 Å². The second-order valence-electron chi connectivity index (χ2n) is 4.91. The van der Waals surface area contributed by atoms with Crippen LogP contribution in [-0.4, -0.2) is 20.9 Å². The maximum absolute atomic E-state index is 10.9. The molecule has 0 radical (unpaired) electrons. The molecule has 1 amide bonds. The number of carbonyl (C=O) groups is 1. The Balaban J connectivity index is 1.76. The highest BCUT2D eigenvalue weighted by Gasteiger charge is 2.02. The van der Waals surface area contributed by atoms with Gasteiger partial charge in [0.05, 0.1) is 18.3 Å². The Hall–Kier alpha value is -2.92. The minimum atomic E-state index is -0.549. The second-order valence-corrected chi connectivity index (χ2v) is 4.91. The van der Waals surface area contributed by atoms with Gasteiger partial charge in [0.25, 0.3) is 5.91 Å². The molecule has 0 aliphatic heterocycles. The summed E-state index contributed by atoms with van der Waals surface area (Å²) >= 11 is 0. The highest BCUT2D eigenvalue weighted by Crippen LogP contribution is 2.15. The first-order valence-corrected chi connectivity index (χ1v) is 6.88. The number of carbonyl (C=O) groups excluding carboxylic acids is 1. The van der Waals surface area contributed by atoms with E-state index in [-0.39, 0.29) is 0 Å². The molecule has 22 heavy (non-hydrogen) atoms. The summed E-state index contributed by atoms with van der Waals surface area (Å²) in [6, 6.07) is 15.9. The zero-order chi connectivity index (χ0) is 15.4. The predicted octanol–water partition coefficient (Wildman–Crippen LogP) is 2.60. The van der Waals surface area contributed by atoms with Crippen LogP contribution in [0.25, 0.3) is 17.0 Å². The molecule has 110 valence electrons. The van der Waals surface area contributed by atoms with E-state index in [1.54, 1.807) is 11.6 Å². The van der Waals surface area contributed by atoms with Gasteiger partial charge in [0.2, 0.25) is 0 Å². The SMILES string of the molecule is O=C(/C=C/c1ccc(Cn2ncc3ccccc32)cc1)NO. The predicted molar refractivity (Wildman–Crippen MR) is 84.2 cm³/mol. The smallest absolute Gasteiger partial charge is 0.267 e. The molecule has 0 aliphatic carbocycles. The monoisotopic (exact) mass is 293 g/mol. The highest BCUT2D eigenvalue weighted by atomic mass is 16.5. The van der Waals surface area contributed by atoms with Crippen LogP contribution < -0.4 is 5.48 Å². The van der Waals surface area contributed by atoms with E-state index in [9.17, 15) is 4.79 Å². The van der Waals surface area contributed by atoms with Crippen molar-refractivity contribution in [2.45, 2.75) is 6.54 Å². The van der Waals surface area contributed by atoms with Crippen LogP contribution in [0.3, 0.4) is 0 Å². The maximum atomic E-state index is 10.9. The third kappa shape index (κ3) is 3.05. The van der Waals surface area contributed by atoms with Crippen molar-refractivity contribution in [3.8, 4) is 0 Å². The molecule has 3 rings (SSSR count). The number of aromatic nitrogens is 2. The van der Waals surface area contributed by atoms with Gasteiger partial charge in [0.1, 0.15) is 0 Å². The molecule has 2 aromatic carbocycles. The van der Waals surface area contributed by atoms with E-state index in [2.05, 4.69) is 5.10 Å². The van der Waals surface area contributed by atoms with Gasteiger partial charge in [0.15, 0.2) is 0 Å². The lowest BCUT2D eigenvalue weighted by Gasteiger charge is -2.04. The molecule has 0 unspecified atom stereocenters. The molecule has 1 aromatic heterocycles. The number of para-hydroxylation sites is 1. The average Bonchev–Trinajstić information content (AvgIpc) is 2.97. The first-order valence-electron chi connectivity index (χ1n) is 6.88. The minimum Gasteiger partial charge on any atom is -0.288 e. The van der Waals surface area contributed by atoms with E-state index in [0.29, 0.717) is 6.54 Å². The standard InChI is InChI=1S/C17H15N3O2/c21-17(19-22)10-9-13-5-7-14(8-6-13)12-20-16-4-2-1-3-15(16)11-18-20/h1-11,22H,12H2,(H,19,21)/b10-9+. The molecule has 0 bridgehead atoms. The Morgan fingerprint density at radius 1 is 1.18 bits per heavy atom. The quantitative estimate of drug-likeness (QED) is 0.441. The number of nitrogens with one attached hydrogen (secondary N) is 1. The van der Waals surface area contributed by atoms with Crippen molar-refractivity contribution in [2.24, 2.45) is 0 Å². The summed E-state index contributed by atoms with van der Waals surface area (Å²) in [5.74, 6) is -0.549. The molecule has 2 N–H and O–H groups in total. The van der Waals surface area contributed by atoms with Gasteiger partial charge in [-0.1, -0.05) is 42.5 Å². The fourth-order valence-corrected chi connectivity index (χ4v) is 2.27. The summed E-state index contributed by atoms with van der Waals surface area (Å²) in [6.45, 7) is 0.689. The lowest BCUT2D eigenvalue weighted by Crippen LogP contribution is -2.14. The third-order valence-electron chi connectivity index (χ3n) is 3.40. The van der Waals surface area contributed by atoms with Crippen molar-refractivity contribution < 1.29 is 10.0 Å². The number of hydrogen-bond acceptors (Lipinski definition) is 3. The molecule has 3 aromatic rings. The van der Waals surface area contributed by atoms with Gasteiger partial charge in [-0.3, -0.25) is 14.7 Å². The van der Waals surface area contributed by atoms with Crippen LogP contribution in [0.4, 0.5) is 0 Å². The van der Waals surface area contributed by atoms with Crippen molar-refractivity contribution in [1.29, 1.82) is 0 Å². The molecule has 0 spiro atoms. The van der Waals surface area contributed by atoms with Crippen LogP contribution in [0.1, 0.15) is 11.1 Å². The Kier molecular flexibility index (Phi) is 3.98. The van der Waals surface area contributed by atoms with Gasteiger partial charge in [-0.2, -0.15) is 5.10 Å². The number of rotatable bonds is 4. The van der Waals surface area contributed by atoms with Crippen LogP contribution in [0.5, 0.6) is 0 Å². The van der Waals surface area contributed by atoms with Gasteiger partial charge in [-0.05, 0) is 23.3 Å². The summed E-state index contributed by atoms with van der Waals surface area (Å²) in [6.07, 6.45) is 4.77. The second kappa shape index (κ2) is 6.24. The molecule has 5 nitrogen and oxygen atoms in total. The Bertz CT molecular complexity index is 819. The fraction of sp³-hybridized carbons (Fsp3) is 0.0588. The number of fused-ring (bicyclic) bond motifs is 1. The fourth-order valence-electron chi connectivity index (χ4n) is 2.27. The van der Waals surface area contributed by atoms with E-state index in [0.717, 1.165) is 22.0 Å². The largest absolute Gasteiger partial charge is 0.288 e. The van der Waals surface area contributed by atoms with Crippen LogP contribution in [0.15, 0.2) is 60.8 Å². The maximum Gasteiger partial charge on any atom is 0.267 e.